The average molecular weight is 296 g/mol. The molecule has 4 heteroatoms. The van der Waals surface area contributed by atoms with Crippen LogP contribution in [0.4, 0.5) is 0 Å². The monoisotopic (exact) mass is 295 g/mol. The van der Waals surface area contributed by atoms with Gasteiger partial charge in [0.05, 0.1) is 0 Å². The van der Waals surface area contributed by atoms with Gasteiger partial charge >= 0.3 is 0 Å². The van der Waals surface area contributed by atoms with Crippen LogP contribution in [0.3, 0.4) is 0 Å². The molecule has 0 saturated heterocycles. The van der Waals surface area contributed by atoms with Gasteiger partial charge in [-0.2, -0.15) is 0 Å². The first kappa shape index (κ1) is 14.2. The number of halogens is 1. The summed E-state index contributed by atoms with van der Waals surface area (Å²) in [6, 6.07) is 5.87. The van der Waals surface area contributed by atoms with Crippen molar-refractivity contribution in [2.45, 2.75) is 31.8 Å². The van der Waals surface area contributed by atoms with Crippen LogP contribution in [0, 0.1) is 5.41 Å². The van der Waals surface area contributed by atoms with Crippen molar-refractivity contribution < 1.29 is 9.47 Å². The summed E-state index contributed by atoms with van der Waals surface area (Å²) in [5.41, 5.74) is 1.72. The highest BCUT2D eigenvalue weighted by Crippen LogP contribution is 2.48. The molecule has 1 N–H and O–H groups in total. The average Bonchev–Trinajstić information content (AvgIpc) is 3.08. The zero-order valence-corrected chi connectivity index (χ0v) is 12.7. The normalized spacial score (nSPS) is 22.4. The molecule has 0 spiro atoms. The van der Waals surface area contributed by atoms with Crippen LogP contribution < -0.4 is 10.1 Å². The lowest BCUT2D eigenvalue weighted by Crippen LogP contribution is -2.34. The Bertz CT molecular complexity index is 474. The highest BCUT2D eigenvalue weighted by atomic mass is 35.5. The minimum Gasteiger partial charge on any atom is -0.488 e. The number of hydrogen-bond donors (Lipinski definition) is 1. The first-order valence-corrected chi connectivity index (χ1v) is 7.73. The van der Waals surface area contributed by atoms with Gasteiger partial charge in [0.2, 0.25) is 0 Å². The Morgan fingerprint density at radius 2 is 2.30 bits per heavy atom. The van der Waals surface area contributed by atoms with E-state index in [1.165, 1.54) is 18.4 Å². The molecular formula is C16H22ClNO2. The Hall–Kier alpha value is -0.770. The molecule has 110 valence electrons. The maximum absolute atomic E-state index is 6.01. The van der Waals surface area contributed by atoms with Crippen LogP contribution in [0.2, 0.25) is 5.02 Å². The van der Waals surface area contributed by atoms with Crippen LogP contribution in [-0.4, -0.2) is 32.9 Å². The quantitative estimate of drug-likeness (QED) is 0.839. The lowest BCUT2D eigenvalue weighted by atomic mass is 10.0. The molecule has 0 bridgehead atoms. The predicted octanol–water partition coefficient (Wildman–Crippen LogP) is 3.05. The third kappa shape index (κ3) is 3.27. The van der Waals surface area contributed by atoms with Crippen molar-refractivity contribution >= 4 is 11.6 Å². The van der Waals surface area contributed by atoms with E-state index in [-0.39, 0.29) is 6.10 Å². The van der Waals surface area contributed by atoms with Crippen molar-refractivity contribution in [2.75, 3.05) is 26.8 Å². The van der Waals surface area contributed by atoms with Gasteiger partial charge < -0.3 is 14.8 Å². The maximum atomic E-state index is 6.01. The third-order valence-corrected chi connectivity index (χ3v) is 4.66. The Kier molecular flexibility index (Phi) is 4.20. The molecule has 1 saturated carbocycles. The Balaban J connectivity index is 1.43. The van der Waals surface area contributed by atoms with E-state index in [0.717, 1.165) is 43.3 Å². The van der Waals surface area contributed by atoms with Crippen molar-refractivity contribution in [1.82, 2.24) is 5.32 Å². The zero-order chi connectivity index (χ0) is 14.0. The smallest absolute Gasteiger partial charge is 0.123 e. The number of ether oxygens (including phenoxy) is 2. The molecule has 1 atom stereocenters. The Morgan fingerprint density at radius 1 is 1.45 bits per heavy atom. The summed E-state index contributed by atoms with van der Waals surface area (Å²) in [5, 5.41) is 4.36. The van der Waals surface area contributed by atoms with Crippen LogP contribution in [0.1, 0.15) is 24.8 Å². The topological polar surface area (TPSA) is 30.5 Å². The molecule has 1 unspecified atom stereocenters. The summed E-state index contributed by atoms with van der Waals surface area (Å²) in [6.45, 7) is 2.85. The van der Waals surface area contributed by atoms with E-state index in [4.69, 9.17) is 21.1 Å². The van der Waals surface area contributed by atoms with Gasteiger partial charge in [-0.15, -0.1) is 0 Å². The van der Waals surface area contributed by atoms with Crippen LogP contribution in [-0.2, 0) is 11.2 Å². The molecule has 1 heterocycles. The second-order valence-corrected chi connectivity index (χ2v) is 6.51. The summed E-state index contributed by atoms with van der Waals surface area (Å²) < 4.78 is 11.1. The lowest BCUT2D eigenvalue weighted by Gasteiger charge is -2.17. The molecule has 1 fully saturated rings. The molecular weight excluding hydrogens is 274 g/mol. The Morgan fingerprint density at radius 3 is 3.05 bits per heavy atom. The van der Waals surface area contributed by atoms with Crippen LogP contribution in [0.25, 0.3) is 0 Å². The SMILES string of the molecule is COCCC1(CNCC2Cc3cc(Cl)ccc3O2)CC1. The van der Waals surface area contributed by atoms with E-state index in [0.29, 0.717) is 5.41 Å². The largest absolute Gasteiger partial charge is 0.488 e. The van der Waals surface area contributed by atoms with Gasteiger partial charge in [0, 0.05) is 38.2 Å². The molecule has 20 heavy (non-hydrogen) atoms. The maximum Gasteiger partial charge on any atom is 0.123 e. The summed E-state index contributed by atoms with van der Waals surface area (Å²) in [7, 11) is 1.78. The minimum atomic E-state index is 0.238. The van der Waals surface area contributed by atoms with Gasteiger partial charge in [-0.3, -0.25) is 0 Å². The van der Waals surface area contributed by atoms with Gasteiger partial charge in [-0.05, 0) is 48.4 Å². The van der Waals surface area contributed by atoms with Gasteiger partial charge in [0.1, 0.15) is 11.9 Å². The van der Waals surface area contributed by atoms with E-state index in [2.05, 4.69) is 5.32 Å². The molecule has 1 aliphatic heterocycles. The summed E-state index contributed by atoms with van der Waals surface area (Å²) in [6.07, 6.45) is 5.00. The highest BCUT2D eigenvalue weighted by Gasteiger charge is 2.41. The van der Waals surface area contributed by atoms with Gasteiger partial charge in [-0.25, -0.2) is 0 Å². The number of nitrogens with one attached hydrogen (secondary N) is 1. The molecule has 3 nitrogen and oxygen atoms in total. The van der Waals surface area contributed by atoms with E-state index in [1.807, 2.05) is 18.2 Å². The number of fused-ring (bicyclic) bond motifs is 1. The second-order valence-electron chi connectivity index (χ2n) is 6.07. The number of hydrogen-bond acceptors (Lipinski definition) is 3. The fourth-order valence-electron chi connectivity index (χ4n) is 2.91. The Labute approximate surface area is 125 Å². The first-order valence-electron chi connectivity index (χ1n) is 7.36. The van der Waals surface area contributed by atoms with E-state index in [1.54, 1.807) is 7.11 Å². The summed E-state index contributed by atoms with van der Waals surface area (Å²) in [4.78, 5) is 0. The van der Waals surface area contributed by atoms with Crippen molar-refractivity contribution in [3.05, 3.63) is 28.8 Å². The van der Waals surface area contributed by atoms with Gasteiger partial charge in [0.25, 0.3) is 0 Å². The van der Waals surface area contributed by atoms with Crippen LogP contribution in [0.15, 0.2) is 18.2 Å². The first-order chi connectivity index (χ1) is 9.71. The minimum absolute atomic E-state index is 0.238. The summed E-state index contributed by atoms with van der Waals surface area (Å²) in [5.74, 6) is 0.988. The van der Waals surface area contributed by atoms with Gasteiger partial charge in [0.15, 0.2) is 0 Å². The number of benzene rings is 1. The molecule has 0 radical (unpaired) electrons. The zero-order valence-electron chi connectivity index (χ0n) is 12.0. The van der Waals surface area contributed by atoms with E-state index < -0.39 is 0 Å². The van der Waals surface area contributed by atoms with Crippen LogP contribution in [0.5, 0.6) is 5.75 Å². The van der Waals surface area contributed by atoms with Crippen molar-refractivity contribution in [1.29, 1.82) is 0 Å². The lowest BCUT2D eigenvalue weighted by molar-refractivity contribution is 0.168. The van der Waals surface area contributed by atoms with Crippen molar-refractivity contribution in [3.63, 3.8) is 0 Å². The molecule has 1 aliphatic carbocycles. The van der Waals surface area contributed by atoms with E-state index >= 15 is 0 Å². The fourth-order valence-corrected chi connectivity index (χ4v) is 3.11. The molecule has 0 aromatic heterocycles. The van der Waals surface area contributed by atoms with Gasteiger partial charge in [-0.1, -0.05) is 11.6 Å². The number of rotatable bonds is 7. The third-order valence-electron chi connectivity index (χ3n) is 4.43. The number of methoxy groups -OCH3 is 1. The molecule has 0 amide bonds. The fraction of sp³-hybridized carbons (Fsp3) is 0.625. The molecule has 2 aliphatic rings. The summed E-state index contributed by atoms with van der Waals surface area (Å²) >= 11 is 6.01. The molecule has 3 rings (SSSR count). The predicted molar refractivity (Wildman–Crippen MR) is 80.6 cm³/mol. The van der Waals surface area contributed by atoms with Crippen molar-refractivity contribution in [2.24, 2.45) is 5.41 Å². The standard InChI is InChI=1S/C16H22ClNO2/c1-19-7-6-16(4-5-16)11-18-10-14-9-12-8-13(17)2-3-15(12)20-14/h2-3,8,14,18H,4-7,9-11H2,1H3. The van der Waals surface area contributed by atoms with Crippen LogP contribution >= 0.6 is 11.6 Å². The van der Waals surface area contributed by atoms with E-state index in [9.17, 15) is 0 Å². The highest BCUT2D eigenvalue weighted by molar-refractivity contribution is 6.30. The second kappa shape index (κ2) is 5.92. The molecule has 1 aromatic carbocycles. The molecule has 1 aromatic rings. The van der Waals surface area contributed by atoms with Crippen molar-refractivity contribution in [3.8, 4) is 5.75 Å².